The third kappa shape index (κ3) is 4.10. The molecule has 0 unspecified atom stereocenters. The van der Waals surface area contributed by atoms with Gasteiger partial charge in [0.2, 0.25) is 0 Å². The van der Waals surface area contributed by atoms with Gasteiger partial charge in [0.05, 0.1) is 0 Å². The normalized spacial score (nSPS) is 12.6. The molecule has 0 saturated carbocycles. The van der Waals surface area contributed by atoms with Crippen LogP contribution in [0.3, 0.4) is 0 Å². The van der Waals surface area contributed by atoms with Crippen LogP contribution in [-0.2, 0) is 6.42 Å². The van der Waals surface area contributed by atoms with Crippen molar-refractivity contribution in [1.29, 1.82) is 0 Å². The fraction of sp³-hybridized carbons (Fsp3) is 0.0345. The van der Waals surface area contributed by atoms with Crippen LogP contribution >= 0.6 is 23.2 Å². The molecule has 0 nitrogen and oxygen atoms in total. The molecule has 4 aromatic rings. The van der Waals surface area contributed by atoms with Crippen LogP contribution in [0, 0.1) is 0 Å². The van der Waals surface area contributed by atoms with Crippen molar-refractivity contribution in [3.05, 3.63) is 153 Å². The second kappa shape index (κ2) is 8.59. The zero-order valence-corrected chi connectivity index (χ0v) is 18.4. The molecule has 0 spiro atoms. The number of benzene rings is 4. The van der Waals surface area contributed by atoms with E-state index in [-0.39, 0.29) is 0 Å². The molecular weight excluding hydrogens is 419 g/mol. The Labute approximate surface area is 193 Å². The SMILES string of the molecule is Clc1ccc(C2=C(C=C(c3ccccc3)c3ccccc3)Cc3cc(Cl)ccc32)cc1. The summed E-state index contributed by atoms with van der Waals surface area (Å²) in [6, 6.07) is 35.4. The van der Waals surface area contributed by atoms with Crippen molar-refractivity contribution in [2.24, 2.45) is 0 Å². The Kier molecular flexibility index (Phi) is 5.51. The van der Waals surface area contributed by atoms with Crippen molar-refractivity contribution in [2.45, 2.75) is 6.42 Å². The summed E-state index contributed by atoms with van der Waals surface area (Å²) in [6.07, 6.45) is 3.18. The van der Waals surface area contributed by atoms with Gasteiger partial charge in [0.25, 0.3) is 0 Å². The number of allylic oxidation sites excluding steroid dienone is 2. The Balaban J connectivity index is 1.74. The maximum atomic E-state index is 6.33. The van der Waals surface area contributed by atoms with E-state index in [2.05, 4.69) is 91.0 Å². The largest absolute Gasteiger partial charge is 0.0843 e. The lowest BCUT2D eigenvalue weighted by molar-refractivity contribution is 1.25. The summed E-state index contributed by atoms with van der Waals surface area (Å²) in [5, 5.41) is 1.51. The van der Waals surface area contributed by atoms with E-state index < -0.39 is 0 Å². The van der Waals surface area contributed by atoms with E-state index in [1.807, 2.05) is 18.2 Å². The van der Waals surface area contributed by atoms with E-state index in [1.54, 1.807) is 0 Å². The monoisotopic (exact) mass is 438 g/mol. The van der Waals surface area contributed by atoms with Crippen molar-refractivity contribution >= 4 is 34.3 Å². The van der Waals surface area contributed by atoms with Gasteiger partial charge in [-0.2, -0.15) is 0 Å². The van der Waals surface area contributed by atoms with Gasteiger partial charge in [0, 0.05) is 10.0 Å². The topological polar surface area (TPSA) is 0 Å². The maximum Gasteiger partial charge on any atom is 0.0409 e. The lowest BCUT2D eigenvalue weighted by Gasteiger charge is -2.12. The molecule has 31 heavy (non-hydrogen) atoms. The summed E-state index contributed by atoms with van der Waals surface area (Å²) in [5.41, 5.74) is 9.78. The Morgan fingerprint density at radius 2 is 1.23 bits per heavy atom. The fourth-order valence-electron chi connectivity index (χ4n) is 4.24. The van der Waals surface area contributed by atoms with Crippen molar-refractivity contribution in [1.82, 2.24) is 0 Å². The van der Waals surface area contributed by atoms with E-state index in [0.717, 1.165) is 22.0 Å². The Bertz CT molecular complexity index is 1240. The van der Waals surface area contributed by atoms with Crippen LogP contribution in [0.5, 0.6) is 0 Å². The van der Waals surface area contributed by atoms with Gasteiger partial charge in [-0.15, -0.1) is 0 Å². The molecule has 4 aromatic carbocycles. The molecule has 1 aliphatic rings. The third-order valence-corrected chi connectivity index (χ3v) is 6.15. The Hall–Kier alpha value is -3.06. The number of hydrogen-bond acceptors (Lipinski definition) is 0. The molecule has 150 valence electrons. The van der Waals surface area contributed by atoms with Gasteiger partial charge in [-0.1, -0.05) is 102 Å². The fourth-order valence-corrected chi connectivity index (χ4v) is 4.56. The Morgan fingerprint density at radius 1 is 0.645 bits per heavy atom. The van der Waals surface area contributed by atoms with Crippen molar-refractivity contribution < 1.29 is 0 Å². The number of fused-ring (bicyclic) bond motifs is 1. The van der Waals surface area contributed by atoms with Crippen LogP contribution in [0.15, 0.2) is 115 Å². The van der Waals surface area contributed by atoms with Crippen LogP contribution in [0.4, 0.5) is 0 Å². The quantitative estimate of drug-likeness (QED) is 0.299. The molecule has 0 radical (unpaired) electrons. The number of hydrogen-bond donors (Lipinski definition) is 0. The van der Waals surface area contributed by atoms with Crippen LogP contribution in [0.25, 0.3) is 11.1 Å². The highest BCUT2D eigenvalue weighted by atomic mass is 35.5. The highest BCUT2D eigenvalue weighted by molar-refractivity contribution is 6.31. The van der Waals surface area contributed by atoms with Gasteiger partial charge >= 0.3 is 0 Å². The molecule has 1 aliphatic carbocycles. The highest BCUT2D eigenvalue weighted by Gasteiger charge is 2.23. The van der Waals surface area contributed by atoms with Gasteiger partial charge in [0.1, 0.15) is 0 Å². The Morgan fingerprint density at radius 3 is 1.84 bits per heavy atom. The molecule has 5 rings (SSSR count). The summed E-state index contributed by atoms with van der Waals surface area (Å²) >= 11 is 12.5. The first-order chi connectivity index (χ1) is 15.2. The third-order valence-electron chi connectivity index (χ3n) is 5.66. The highest BCUT2D eigenvalue weighted by Crippen LogP contribution is 2.41. The van der Waals surface area contributed by atoms with Crippen LogP contribution < -0.4 is 0 Å². The lowest BCUT2D eigenvalue weighted by atomic mass is 9.92. The van der Waals surface area contributed by atoms with E-state index in [4.69, 9.17) is 23.2 Å². The minimum atomic E-state index is 0.741. The van der Waals surface area contributed by atoms with Crippen LogP contribution in [0.2, 0.25) is 10.0 Å². The standard InChI is InChI=1S/C29H20Cl2/c30-25-13-11-22(12-14-25)29-24(17-23-18-26(31)15-16-27(23)29)19-28(20-7-3-1-4-8-20)21-9-5-2-6-10-21/h1-16,18-19H,17H2. The van der Waals surface area contributed by atoms with Crippen LogP contribution in [0.1, 0.15) is 27.8 Å². The van der Waals surface area contributed by atoms with Gasteiger partial charge in [-0.3, -0.25) is 0 Å². The molecule has 0 amide bonds. The van der Waals surface area contributed by atoms with Gasteiger partial charge in [-0.05, 0) is 81.3 Å². The summed E-state index contributed by atoms with van der Waals surface area (Å²) in [4.78, 5) is 0. The van der Waals surface area contributed by atoms with E-state index in [9.17, 15) is 0 Å². The van der Waals surface area contributed by atoms with Gasteiger partial charge in [-0.25, -0.2) is 0 Å². The van der Waals surface area contributed by atoms with Crippen molar-refractivity contribution in [3.8, 4) is 0 Å². The minimum absolute atomic E-state index is 0.741. The van der Waals surface area contributed by atoms with Crippen LogP contribution in [-0.4, -0.2) is 0 Å². The second-order valence-electron chi connectivity index (χ2n) is 7.68. The lowest BCUT2D eigenvalue weighted by Crippen LogP contribution is -1.92. The molecule has 0 bridgehead atoms. The average Bonchev–Trinajstić information content (AvgIpc) is 3.16. The van der Waals surface area contributed by atoms with Crippen molar-refractivity contribution in [3.63, 3.8) is 0 Å². The van der Waals surface area contributed by atoms with Gasteiger partial charge in [0.15, 0.2) is 0 Å². The molecule has 0 aliphatic heterocycles. The van der Waals surface area contributed by atoms with E-state index in [0.29, 0.717) is 0 Å². The molecule has 2 heteroatoms. The zero-order valence-electron chi connectivity index (χ0n) is 16.9. The minimum Gasteiger partial charge on any atom is -0.0843 e. The molecule has 0 N–H and O–H groups in total. The molecular formula is C29H20Cl2. The summed E-state index contributed by atoms with van der Waals surface area (Å²) < 4.78 is 0. The molecule has 0 aromatic heterocycles. The summed E-state index contributed by atoms with van der Waals surface area (Å²) in [7, 11) is 0. The average molecular weight is 439 g/mol. The predicted molar refractivity (Wildman–Crippen MR) is 133 cm³/mol. The summed E-state index contributed by atoms with van der Waals surface area (Å²) in [6.45, 7) is 0. The first kappa shape index (κ1) is 19.9. The molecule has 0 atom stereocenters. The van der Waals surface area contributed by atoms with Crippen molar-refractivity contribution in [2.75, 3.05) is 0 Å². The first-order valence-electron chi connectivity index (χ1n) is 10.3. The van der Waals surface area contributed by atoms with Gasteiger partial charge < -0.3 is 0 Å². The summed E-state index contributed by atoms with van der Waals surface area (Å²) in [5.74, 6) is 0. The van der Waals surface area contributed by atoms with E-state index >= 15 is 0 Å². The zero-order chi connectivity index (χ0) is 21.2. The maximum absolute atomic E-state index is 6.33. The predicted octanol–water partition coefficient (Wildman–Crippen LogP) is 8.48. The molecule has 0 heterocycles. The number of rotatable bonds is 4. The van der Waals surface area contributed by atoms with E-state index in [1.165, 1.54) is 39.0 Å². The first-order valence-corrected chi connectivity index (χ1v) is 11.0. The molecule has 0 fully saturated rings. The molecule has 0 saturated heterocycles. The second-order valence-corrected chi connectivity index (χ2v) is 8.55. The number of halogens is 2. The smallest absolute Gasteiger partial charge is 0.0409 e.